The largest absolute Gasteiger partial charge is 0.314 e. The van der Waals surface area contributed by atoms with Crippen molar-refractivity contribution < 1.29 is 8.78 Å². The summed E-state index contributed by atoms with van der Waals surface area (Å²) in [4.78, 5) is 11.7. The highest BCUT2D eigenvalue weighted by atomic mass is 19.1. The van der Waals surface area contributed by atoms with Crippen LogP contribution in [-0.4, -0.2) is 40.0 Å². The molecular weight excluding hydrogens is 406 g/mol. The van der Waals surface area contributed by atoms with Gasteiger partial charge in [0, 0.05) is 56.0 Å². The number of nitrogens with one attached hydrogen (secondary N) is 1. The third-order valence-corrected chi connectivity index (χ3v) is 6.06. The average Bonchev–Trinajstić information content (AvgIpc) is 2.75. The van der Waals surface area contributed by atoms with Crippen LogP contribution in [0.15, 0.2) is 54.7 Å². The molecule has 2 heterocycles. The maximum absolute atomic E-state index is 13.4. The fraction of sp³-hybridized carbons (Fsp3) is 0.385. The van der Waals surface area contributed by atoms with E-state index in [-0.39, 0.29) is 5.54 Å². The van der Waals surface area contributed by atoms with Crippen molar-refractivity contribution in [3.05, 3.63) is 83.3 Å². The smallest absolute Gasteiger partial charge is 0.128 e. The molecule has 168 valence electrons. The van der Waals surface area contributed by atoms with Crippen LogP contribution in [0.1, 0.15) is 37.2 Å². The van der Waals surface area contributed by atoms with Crippen molar-refractivity contribution in [2.24, 2.45) is 0 Å². The lowest BCUT2D eigenvalue weighted by atomic mass is 9.98. The predicted octanol–water partition coefficient (Wildman–Crippen LogP) is 4.78. The summed E-state index contributed by atoms with van der Waals surface area (Å²) in [5.74, 6) is -0.335. The van der Waals surface area contributed by atoms with E-state index in [1.54, 1.807) is 6.20 Å². The molecule has 4 rings (SSSR count). The van der Waals surface area contributed by atoms with Gasteiger partial charge in [0.2, 0.25) is 0 Å². The van der Waals surface area contributed by atoms with Gasteiger partial charge in [0.05, 0.1) is 5.69 Å². The van der Waals surface area contributed by atoms with Crippen molar-refractivity contribution in [2.75, 3.05) is 19.6 Å². The SMILES string of the molecule is CC1(C)CNCCN1Cc1cccc(-c2ccnc(CCCc3cc(F)cc(F)c3)n2)c1. The second-order valence-electron chi connectivity index (χ2n) is 9.10. The van der Waals surface area contributed by atoms with E-state index in [4.69, 9.17) is 4.98 Å². The molecule has 0 saturated carbocycles. The molecule has 32 heavy (non-hydrogen) atoms. The molecule has 4 nitrogen and oxygen atoms in total. The number of halogens is 2. The summed E-state index contributed by atoms with van der Waals surface area (Å²) in [7, 11) is 0. The van der Waals surface area contributed by atoms with Gasteiger partial charge in [-0.25, -0.2) is 18.7 Å². The van der Waals surface area contributed by atoms with Crippen molar-refractivity contribution in [2.45, 2.75) is 45.2 Å². The average molecular weight is 437 g/mol. The molecule has 1 fully saturated rings. The maximum atomic E-state index is 13.4. The van der Waals surface area contributed by atoms with Crippen LogP contribution in [0.3, 0.4) is 0 Å². The molecular formula is C26H30F2N4. The number of hydrogen-bond donors (Lipinski definition) is 1. The van der Waals surface area contributed by atoms with Crippen molar-refractivity contribution >= 4 is 0 Å². The van der Waals surface area contributed by atoms with Crippen LogP contribution in [0.2, 0.25) is 0 Å². The van der Waals surface area contributed by atoms with Crippen molar-refractivity contribution in [3.8, 4) is 11.3 Å². The number of hydrogen-bond acceptors (Lipinski definition) is 4. The molecule has 1 aliphatic heterocycles. The minimum atomic E-state index is -0.540. The van der Waals surface area contributed by atoms with E-state index in [9.17, 15) is 8.78 Å². The molecule has 3 aromatic rings. The molecule has 0 amide bonds. The summed E-state index contributed by atoms with van der Waals surface area (Å²) < 4.78 is 26.7. The quantitative estimate of drug-likeness (QED) is 0.579. The third-order valence-electron chi connectivity index (χ3n) is 6.06. The lowest BCUT2D eigenvalue weighted by Crippen LogP contribution is -2.57. The lowest BCUT2D eigenvalue weighted by molar-refractivity contribution is 0.0828. The lowest BCUT2D eigenvalue weighted by Gasteiger charge is -2.43. The van der Waals surface area contributed by atoms with Crippen LogP contribution in [0.5, 0.6) is 0 Å². The molecule has 1 saturated heterocycles. The van der Waals surface area contributed by atoms with E-state index in [2.05, 4.69) is 53.3 Å². The van der Waals surface area contributed by atoms with Crippen LogP contribution < -0.4 is 5.32 Å². The molecule has 0 atom stereocenters. The molecule has 0 bridgehead atoms. The van der Waals surface area contributed by atoms with Crippen LogP contribution >= 0.6 is 0 Å². The van der Waals surface area contributed by atoms with Gasteiger partial charge in [0.1, 0.15) is 17.5 Å². The van der Waals surface area contributed by atoms with E-state index in [1.165, 1.54) is 17.7 Å². The van der Waals surface area contributed by atoms with Crippen LogP contribution in [0, 0.1) is 11.6 Å². The molecule has 0 radical (unpaired) electrons. The van der Waals surface area contributed by atoms with Gasteiger partial charge in [-0.3, -0.25) is 4.90 Å². The first-order chi connectivity index (χ1) is 15.4. The highest BCUT2D eigenvalue weighted by Gasteiger charge is 2.29. The van der Waals surface area contributed by atoms with Crippen LogP contribution in [-0.2, 0) is 19.4 Å². The second kappa shape index (κ2) is 9.84. The zero-order valence-corrected chi connectivity index (χ0v) is 18.7. The van der Waals surface area contributed by atoms with Crippen molar-refractivity contribution in [3.63, 3.8) is 0 Å². The Balaban J connectivity index is 1.42. The molecule has 0 aliphatic carbocycles. The molecule has 1 aromatic heterocycles. The van der Waals surface area contributed by atoms with E-state index >= 15 is 0 Å². The summed E-state index contributed by atoms with van der Waals surface area (Å²) in [5.41, 5.74) is 4.02. The normalized spacial score (nSPS) is 16.2. The van der Waals surface area contributed by atoms with Gasteiger partial charge in [-0.1, -0.05) is 18.2 Å². The molecule has 6 heteroatoms. The Morgan fingerprint density at radius 3 is 2.59 bits per heavy atom. The topological polar surface area (TPSA) is 41.0 Å². The Kier molecular flexibility index (Phi) is 6.92. The minimum Gasteiger partial charge on any atom is -0.314 e. The Bertz CT molecular complexity index is 1050. The Labute approximate surface area is 188 Å². The fourth-order valence-corrected chi connectivity index (χ4v) is 4.25. The summed E-state index contributed by atoms with van der Waals surface area (Å²) in [6.07, 6.45) is 3.74. The summed E-state index contributed by atoms with van der Waals surface area (Å²) in [5, 5.41) is 3.47. The number of rotatable bonds is 7. The number of benzene rings is 2. The fourth-order valence-electron chi connectivity index (χ4n) is 4.25. The highest BCUT2D eigenvalue weighted by Crippen LogP contribution is 2.23. The molecule has 1 aliphatic rings. The monoisotopic (exact) mass is 436 g/mol. The van der Waals surface area contributed by atoms with Crippen molar-refractivity contribution in [1.82, 2.24) is 20.2 Å². The van der Waals surface area contributed by atoms with Gasteiger partial charge in [0.15, 0.2) is 0 Å². The highest BCUT2D eigenvalue weighted by molar-refractivity contribution is 5.59. The number of piperazine rings is 1. The molecule has 0 spiro atoms. The van der Waals surface area contributed by atoms with Crippen LogP contribution in [0.25, 0.3) is 11.3 Å². The molecule has 2 aromatic carbocycles. The maximum Gasteiger partial charge on any atom is 0.128 e. The first kappa shape index (κ1) is 22.5. The van der Waals surface area contributed by atoms with Gasteiger partial charge in [0.25, 0.3) is 0 Å². The molecule has 0 unspecified atom stereocenters. The van der Waals surface area contributed by atoms with E-state index in [0.717, 1.165) is 55.7 Å². The summed E-state index contributed by atoms with van der Waals surface area (Å²) >= 11 is 0. The van der Waals surface area contributed by atoms with Gasteiger partial charge in [-0.15, -0.1) is 0 Å². The Morgan fingerprint density at radius 1 is 1.00 bits per heavy atom. The van der Waals surface area contributed by atoms with Gasteiger partial charge in [-0.05, 0) is 62.1 Å². The Hall–Kier alpha value is -2.70. The van der Waals surface area contributed by atoms with E-state index < -0.39 is 11.6 Å². The summed E-state index contributed by atoms with van der Waals surface area (Å²) in [6, 6.07) is 14.1. The summed E-state index contributed by atoms with van der Waals surface area (Å²) in [6.45, 7) is 8.50. The Morgan fingerprint density at radius 2 is 1.81 bits per heavy atom. The zero-order valence-electron chi connectivity index (χ0n) is 18.7. The van der Waals surface area contributed by atoms with E-state index in [1.807, 2.05) is 6.07 Å². The first-order valence-electron chi connectivity index (χ1n) is 11.2. The van der Waals surface area contributed by atoms with Crippen LogP contribution in [0.4, 0.5) is 8.78 Å². The number of aromatic nitrogens is 2. The number of aryl methyl sites for hydroxylation is 2. The second-order valence-corrected chi connectivity index (χ2v) is 9.10. The van der Waals surface area contributed by atoms with Gasteiger partial charge in [-0.2, -0.15) is 0 Å². The zero-order chi connectivity index (χ0) is 22.6. The minimum absolute atomic E-state index is 0.126. The standard InChI is InChI=1S/C26H30F2N4/c1-26(2)18-29-11-12-32(26)17-20-6-3-7-21(13-20)24-9-10-30-25(31-24)8-4-5-19-14-22(27)16-23(28)15-19/h3,6-7,9-10,13-16,29H,4-5,8,11-12,17-18H2,1-2H3. The van der Waals surface area contributed by atoms with Gasteiger partial charge < -0.3 is 5.32 Å². The third kappa shape index (κ3) is 5.75. The van der Waals surface area contributed by atoms with E-state index in [0.29, 0.717) is 18.4 Å². The predicted molar refractivity (Wildman–Crippen MR) is 123 cm³/mol. The van der Waals surface area contributed by atoms with Gasteiger partial charge >= 0.3 is 0 Å². The van der Waals surface area contributed by atoms with Crippen molar-refractivity contribution in [1.29, 1.82) is 0 Å². The molecule has 1 N–H and O–H groups in total. The first-order valence-corrected chi connectivity index (χ1v) is 11.2. The number of nitrogens with zero attached hydrogens (tertiary/aromatic N) is 3.